The predicted octanol–water partition coefficient (Wildman–Crippen LogP) is 4.07. The number of piperazine rings is 1. The van der Waals surface area contributed by atoms with Crippen molar-refractivity contribution in [3.05, 3.63) is 39.3 Å². The molecular formula is C24H31F3N4O2. The summed E-state index contributed by atoms with van der Waals surface area (Å²) in [6.07, 6.45) is 1.21. The molecule has 2 aliphatic rings. The lowest BCUT2D eigenvalue weighted by molar-refractivity contribution is -0.143. The molecule has 1 aromatic carbocycles. The van der Waals surface area contributed by atoms with Gasteiger partial charge in [-0.25, -0.2) is 4.98 Å². The molecule has 0 bridgehead atoms. The highest BCUT2D eigenvalue weighted by Crippen LogP contribution is 2.29. The third kappa shape index (κ3) is 4.65. The van der Waals surface area contributed by atoms with Gasteiger partial charge in [-0.3, -0.25) is 19.1 Å². The molecular weight excluding hydrogens is 433 g/mol. The Hall–Kier alpha value is -2.42. The number of carbonyl (C=O) groups excluding carboxylic acids is 1. The van der Waals surface area contributed by atoms with E-state index in [-0.39, 0.29) is 16.9 Å². The van der Waals surface area contributed by atoms with E-state index in [1.807, 2.05) is 6.92 Å². The number of hydrogen-bond donors (Lipinski definition) is 0. The molecule has 33 heavy (non-hydrogen) atoms. The number of benzene rings is 1. The highest BCUT2D eigenvalue weighted by atomic mass is 19.4. The van der Waals surface area contributed by atoms with Crippen LogP contribution in [0.15, 0.2) is 16.9 Å². The summed E-state index contributed by atoms with van der Waals surface area (Å²) in [5.41, 5.74) is -0.867. The second kappa shape index (κ2) is 9.08. The van der Waals surface area contributed by atoms with E-state index in [0.717, 1.165) is 28.8 Å². The average molecular weight is 465 g/mol. The first kappa shape index (κ1) is 23.7. The van der Waals surface area contributed by atoms with Crippen LogP contribution in [0, 0.1) is 13.8 Å². The summed E-state index contributed by atoms with van der Waals surface area (Å²) in [4.78, 5) is 34.0. The zero-order chi connectivity index (χ0) is 23.9. The minimum absolute atomic E-state index is 0.0618. The molecule has 2 heterocycles. The van der Waals surface area contributed by atoms with Gasteiger partial charge in [-0.15, -0.1) is 0 Å². The highest BCUT2D eigenvalue weighted by molar-refractivity contribution is 5.84. The van der Waals surface area contributed by atoms with Crippen molar-refractivity contribution in [3.8, 4) is 0 Å². The van der Waals surface area contributed by atoms with Gasteiger partial charge in [-0.2, -0.15) is 13.2 Å². The molecule has 1 unspecified atom stereocenters. The van der Waals surface area contributed by atoms with Crippen LogP contribution in [-0.4, -0.2) is 57.5 Å². The van der Waals surface area contributed by atoms with Crippen LogP contribution in [0.3, 0.4) is 0 Å². The molecule has 180 valence electrons. The van der Waals surface area contributed by atoms with Gasteiger partial charge in [0.1, 0.15) is 6.04 Å². The van der Waals surface area contributed by atoms with Crippen LogP contribution in [0.2, 0.25) is 0 Å². The van der Waals surface area contributed by atoms with E-state index in [0.29, 0.717) is 19.1 Å². The average Bonchev–Trinajstić information content (AvgIpc) is 2.79. The fraction of sp³-hybridized carbons (Fsp3) is 0.625. The van der Waals surface area contributed by atoms with Crippen LogP contribution >= 0.6 is 0 Å². The third-order valence-electron chi connectivity index (χ3n) is 7.23. The number of hydrogen-bond acceptors (Lipinski definition) is 4. The molecule has 1 aromatic heterocycles. The van der Waals surface area contributed by atoms with E-state index in [9.17, 15) is 22.8 Å². The highest BCUT2D eigenvalue weighted by Gasteiger charge is 2.39. The SMILES string of the molecule is Cc1cc2nc(C(F)(F)F)c(=O)n(C(C)C(=O)N3CCN(C4CCCCC4)CC3)c2cc1C. The van der Waals surface area contributed by atoms with Crippen molar-refractivity contribution in [2.45, 2.75) is 71.1 Å². The van der Waals surface area contributed by atoms with E-state index in [1.54, 1.807) is 17.9 Å². The Balaban J connectivity index is 1.64. The Morgan fingerprint density at radius 2 is 1.64 bits per heavy atom. The molecule has 6 nitrogen and oxygen atoms in total. The number of carbonyl (C=O) groups is 1. The first-order valence-electron chi connectivity index (χ1n) is 11.7. The second-order valence-electron chi connectivity index (χ2n) is 9.39. The molecule has 2 aromatic rings. The summed E-state index contributed by atoms with van der Waals surface area (Å²) in [7, 11) is 0. The van der Waals surface area contributed by atoms with Crippen molar-refractivity contribution in [1.29, 1.82) is 0 Å². The zero-order valence-electron chi connectivity index (χ0n) is 19.4. The minimum Gasteiger partial charge on any atom is -0.338 e. The number of aromatic nitrogens is 2. The van der Waals surface area contributed by atoms with Gasteiger partial charge in [0.2, 0.25) is 11.6 Å². The maximum atomic E-state index is 13.6. The number of fused-ring (bicyclic) bond motifs is 1. The summed E-state index contributed by atoms with van der Waals surface area (Å²) in [6, 6.07) is 2.67. The zero-order valence-corrected chi connectivity index (χ0v) is 19.4. The van der Waals surface area contributed by atoms with Crippen LogP contribution in [0.1, 0.15) is 61.9 Å². The fourth-order valence-corrected chi connectivity index (χ4v) is 5.16. The van der Waals surface area contributed by atoms with Crippen LogP contribution in [-0.2, 0) is 11.0 Å². The molecule has 1 aliphatic heterocycles. The first-order chi connectivity index (χ1) is 15.6. The topological polar surface area (TPSA) is 58.4 Å². The van der Waals surface area contributed by atoms with E-state index in [4.69, 9.17) is 0 Å². The van der Waals surface area contributed by atoms with Crippen molar-refractivity contribution in [2.24, 2.45) is 0 Å². The van der Waals surface area contributed by atoms with Gasteiger partial charge >= 0.3 is 6.18 Å². The van der Waals surface area contributed by atoms with Gasteiger partial charge in [0.25, 0.3) is 5.56 Å². The number of nitrogens with zero attached hydrogens (tertiary/aromatic N) is 4. The molecule has 1 aliphatic carbocycles. The van der Waals surface area contributed by atoms with Crippen molar-refractivity contribution < 1.29 is 18.0 Å². The van der Waals surface area contributed by atoms with Gasteiger partial charge < -0.3 is 4.90 Å². The number of amides is 1. The summed E-state index contributed by atoms with van der Waals surface area (Å²) >= 11 is 0. The maximum absolute atomic E-state index is 13.6. The largest absolute Gasteiger partial charge is 0.438 e. The van der Waals surface area contributed by atoms with Crippen LogP contribution < -0.4 is 5.56 Å². The Morgan fingerprint density at radius 1 is 1.03 bits per heavy atom. The molecule has 1 saturated carbocycles. The molecule has 4 rings (SSSR count). The lowest BCUT2D eigenvalue weighted by Crippen LogP contribution is -2.53. The molecule has 1 saturated heterocycles. The summed E-state index contributed by atoms with van der Waals surface area (Å²) in [6.45, 7) is 7.63. The lowest BCUT2D eigenvalue weighted by atomic mass is 9.94. The smallest absolute Gasteiger partial charge is 0.338 e. The van der Waals surface area contributed by atoms with E-state index in [2.05, 4.69) is 9.88 Å². The standard InChI is InChI=1S/C24H31F3N4O2/c1-15-13-19-20(14-16(15)2)31(23(33)21(28-19)24(25,26)27)17(3)22(32)30-11-9-29(10-12-30)18-7-5-4-6-8-18/h13-14,17-18H,4-12H2,1-3H3. The van der Waals surface area contributed by atoms with E-state index >= 15 is 0 Å². The molecule has 9 heteroatoms. The van der Waals surface area contributed by atoms with Gasteiger partial charge in [-0.05, 0) is 56.9 Å². The molecule has 0 N–H and O–H groups in total. The molecule has 2 fully saturated rings. The summed E-state index contributed by atoms with van der Waals surface area (Å²) in [5, 5.41) is 0. The maximum Gasteiger partial charge on any atom is 0.438 e. The van der Waals surface area contributed by atoms with Crippen molar-refractivity contribution in [3.63, 3.8) is 0 Å². The number of halogens is 3. The van der Waals surface area contributed by atoms with Gasteiger partial charge in [-0.1, -0.05) is 19.3 Å². The van der Waals surface area contributed by atoms with Crippen molar-refractivity contribution in [2.75, 3.05) is 26.2 Å². The fourth-order valence-electron chi connectivity index (χ4n) is 5.16. The molecule has 0 spiro atoms. The Kier molecular flexibility index (Phi) is 6.53. The number of rotatable bonds is 3. The van der Waals surface area contributed by atoms with E-state index in [1.165, 1.54) is 45.1 Å². The summed E-state index contributed by atoms with van der Waals surface area (Å²) in [5.74, 6) is -0.334. The van der Waals surface area contributed by atoms with E-state index < -0.39 is 23.5 Å². The molecule has 0 radical (unpaired) electrons. The second-order valence-corrected chi connectivity index (χ2v) is 9.39. The van der Waals surface area contributed by atoms with Gasteiger partial charge in [0, 0.05) is 32.2 Å². The Bertz CT molecular complexity index is 1100. The van der Waals surface area contributed by atoms with Gasteiger partial charge in [0.15, 0.2) is 0 Å². The first-order valence-corrected chi connectivity index (χ1v) is 11.7. The Morgan fingerprint density at radius 3 is 2.24 bits per heavy atom. The molecule has 1 atom stereocenters. The lowest BCUT2D eigenvalue weighted by Gasteiger charge is -2.41. The molecule has 1 amide bonds. The van der Waals surface area contributed by atoms with Crippen molar-refractivity contribution >= 4 is 16.9 Å². The van der Waals surface area contributed by atoms with Crippen LogP contribution in [0.25, 0.3) is 11.0 Å². The predicted molar refractivity (Wildman–Crippen MR) is 120 cm³/mol. The van der Waals surface area contributed by atoms with Crippen LogP contribution in [0.5, 0.6) is 0 Å². The number of aryl methyl sites for hydroxylation is 2. The normalized spacial score (nSPS) is 19.8. The van der Waals surface area contributed by atoms with Crippen molar-refractivity contribution in [1.82, 2.24) is 19.4 Å². The minimum atomic E-state index is -4.90. The number of alkyl halides is 3. The van der Waals surface area contributed by atoms with Crippen LogP contribution in [0.4, 0.5) is 13.2 Å². The van der Waals surface area contributed by atoms with Gasteiger partial charge in [0.05, 0.1) is 11.0 Å². The monoisotopic (exact) mass is 464 g/mol. The Labute approximate surface area is 191 Å². The third-order valence-corrected chi connectivity index (χ3v) is 7.23. The summed E-state index contributed by atoms with van der Waals surface area (Å²) < 4.78 is 41.8. The quantitative estimate of drug-likeness (QED) is 0.687.